The summed E-state index contributed by atoms with van der Waals surface area (Å²) in [6.45, 7) is 1.40. The first-order valence-corrected chi connectivity index (χ1v) is 7.09. The predicted octanol–water partition coefficient (Wildman–Crippen LogP) is 1.47. The number of aromatic nitrogens is 2. The smallest absolute Gasteiger partial charge is 0.159 e. The second-order valence-electron chi connectivity index (χ2n) is 5.18. The van der Waals surface area contributed by atoms with Crippen molar-refractivity contribution in [3.8, 4) is 0 Å². The monoisotopic (exact) mass is 275 g/mol. The average molecular weight is 275 g/mol. The number of para-hydroxylation sites is 1. The first-order valence-electron chi connectivity index (χ1n) is 7.09. The number of nitrogens with one attached hydrogen (secondary N) is 1. The Hall–Kier alpha value is -1.43. The van der Waals surface area contributed by atoms with Gasteiger partial charge >= 0.3 is 0 Å². The Morgan fingerprint density at radius 3 is 2.85 bits per heavy atom. The minimum atomic E-state index is -0.0811. The molecule has 5 nitrogen and oxygen atoms in total. The summed E-state index contributed by atoms with van der Waals surface area (Å²) in [6, 6.07) is 8.64. The third-order valence-corrected chi connectivity index (χ3v) is 3.85. The highest BCUT2D eigenvalue weighted by atomic mass is 16.7. The fourth-order valence-corrected chi connectivity index (χ4v) is 2.75. The van der Waals surface area contributed by atoms with Gasteiger partial charge in [0.25, 0.3) is 0 Å². The van der Waals surface area contributed by atoms with Crippen molar-refractivity contribution in [2.45, 2.75) is 25.2 Å². The Bertz CT molecular complexity index is 576. The molecule has 1 saturated heterocycles. The Morgan fingerprint density at radius 2 is 2.10 bits per heavy atom. The van der Waals surface area contributed by atoms with Crippen molar-refractivity contribution in [2.24, 2.45) is 7.05 Å². The van der Waals surface area contributed by atoms with E-state index in [1.807, 2.05) is 24.8 Å². The van der Waals surface area contributed by atoms with Crippen LogP contribution >= 0.6 is 0 Å². The highest BCUT2D eigenvalue weighted by molar-refractivity contribution is 5.81. The molecular weight excluding hydrogens is 254 g/mol. The van der Waals surface area contributed by atoms with E-state index in [1.54, 1.807) is 0 Å². The van der Waals surface area contributed by atoms with Crippen LogP contribution in [0.1, 0.15) is 12.1 Å². The fraction of sp³-hybridized carbons (Fsp3) is 0.533. The number of rotatable bonds is 5. The normalized spacial score (nSPS) is 17.9. The Kier molecular flexibility index (Phi) is 4.00. The number of hydrogen-bond acceptors (Lipinski definition) is 4. The van der Waals surface area contributed by atoms with E-state index in [1.165, 1.54) is 10.9 Å². The zero-order valence-corrected chi connectivity index (χ0v) is 12.0. The maximum absolute atomic E-state index is 5.53. The molecule has 1 fully saturated rings. The quantitative estimate of drug-likeness (QED) is 0.897. The van der Waals surface area contributed by atoms with E-state index in [-0.39, 0.29) is 6.29 Å². The van der Waals surface area contributed by atoms with Gasteiger partial charge in [-0.3, -0.25) is 4.68 Å². The summed E-state index contributed by atoms with van der Waals surface area (Å²) in [5.74, 6) is 0. The molecule has 1 aromatic heterocycles. The Labute approximate surface area is 118 Å². The Balaban J connectivity index is 1.76. The first-order chi connectivity index (χ1) is 9.78. The fourth-order valence-electron chi connectivity index (χ4n) is 2.75. The van der Waals surface area contributed by atoms with Gasteiger partial charge in [-0.15, -0.1) is 0 Å². The van der Waals surface area contributed by atoms with Crippen molar-refractivity contribution in [3.63, 3.8) is 0 Å². The van der Waals surface area contributed by atoms with E-state index in [4.69, 9.17) is 9.47 Å². The largest absolute Gasteiger partial charge is 0.350 e. The number of benzene rings is 1. The molecule has 1 unspecified atom stereocenters. The predicted molar refractivity (Wildman–Crippen MR) is 77.6 cm³/mol. The van der Waals surface area contributed by atoms with Crippen LogP contribution in [-0.4, -0.2) is 42.4 Å². The lowest BCUT2D eigenvalue weighted by atomic mass is 10.1. The van der Waals surface area contributed by atoms with E-state index in [2.05, 4.69) is 28.6 Å². The standard InChI is InChI=1S/C15H21N3O2/c1-16-11(10-15-19-7-8-20-15)9-13-12-5-3-4-6-14(12)18(2)17-13/h3-6,11,15-16H,7-10H2,1-2H3. The van der Waals surface area contributed by atoms with Crippen LogP contribution in [0.4, 0.5) is 0 Å². The maximum Gasteiger partial charge on any atom is 0.159 e. The zero-order chi connectivity index (χ0) is 13.9. The molecule has 2 aromatic rings. The lowest BCUT2D eigenvalue weighted by Crippen LogP contribution is -2.32. The van der Waals surface area contributed by atoms with Crippen LogP contribution in [0.2, 0.25) is 0 Å². The molecule has 1 aliphatic rings. The molecule has 2 heterocycles. The van der Waals surface area contributed by atoms with Crippen molar-refractivity contribution in [1.29, 1.82) is 0 Å². The number of aryl methyl sites for hydroxylation is 1. The Morgan fingerprint density at radius 1 is 1.35 bits per heavy atom. The van der Waals surface area contributed by atoms with Gasteiger partial charge in [0.2, 0.25) is 0 Å². The molecule has 1 aromatic carbocycles. The number of fused-ring (bicyclic) bond motifs is 1. The van der Waals surface area contributed by atoms with E-state index < -0.39 is 0 Å². The van der Waals surface area contributed by atoms with Crippen LogP contribution in [0.25, 0.3) is 10.9 Å². The summed E-state index contributed by atoms with van der Waals surface area (Å²) < 4.78 is 13.0. The van der Waals surface area contributed by atoms with Gasteiger partial charge in [0.15, 0.2) is 6.29 Å². The molecule has 5 heteroatoms. The number of hydrogen-bond donors (Lipinski definition) is 1. The van der Waals surface area contributed by atoms with Crippen LogP contribution in [0, 0.1) is 0 Å². The number of nitrogens with zero attached hydrogens (tertiary/aromatic N) is 2. The molecule has 0 saturated carbocycles. The minimum Gasteiger partial charge on any atom is -0.350 e. The van der Waals surface area contributed by atoms with Gasteiger partial charge in [0, 0.05) is 31.3 Å². The molecular formula is C15H21N3O2. The van der Waals surface area contributed by atoms with Crippen molar-refractivity contribution in [3.05, 3.63) is 30.0 Å². The van der Waals surface area contributed by atoms with Gasteiger partial charge in [0.1, 0.15) is 0 Å². The second-order valence-corrected chi connectivity index (χ2v) is 5.18. The molecule has 0 radical (unpaired) electrons. The van der Waals surface area contributed by atoms with Crippen molar-refractivity contribution >= 4 is 10.9 Å². The summed E-state index contributed by atoms with van der Waals surface area (Å²) in [6.07, 6.45) is 1.64. The highest BCUT2D eigenvalue weighted by Gasteiger charge is 2.22. The molecule has 0 bridgehead atoms. The molecule has 20 heavy (non-hydrogen) atoms. The van der Waals surface area contributed by atoms with Crippen LogP contribution in [-0.2, 0) is 22.9 Å². The van der Waals surface area contributed by atoms with Gasteiger partial charge in [-0.1, -0.05) is 18.2 Å². The summed E-state index contributed by atoms with van der Waals surface area (Å²) in [7, 11) is 3.97. The summed E-state index contributed by atoms with van der Waals surface area (Å²) >= 11 is 0. The third-order valence-electron chi connectivity index (χ3n) is 3.85. The van der Waals surface area contributed by atoms with Gasteiger partial charge in [0.05, 0.1) is 24.4 Å². The lowest BCUT2D eigenvalue weighted by molar-refractivity contribution is -0.0522. The van der Waals surface area contributed by atoms with E-state index in [0.717, 1.165) is 18.5 Å². The SMILES string of the molecule is CNC(Cc1nn(C)c2ccccc12)CC1OCCO1. The summed E-state index contributed by atoms with van der Waals surface area (Å²) in [4.78, 5) is 0. The minimum absolute atomic E-state index is 0.0811. The van der Waals surface area contributed by atoms with Crippen molar-refractivity contribution in [2.75, 3.05) is 20.3 Å². The lowest BCUT2D eigenvalue weighted by Gasteiger charge is -2.18. The number of ether oxygens (including phenoxy) is 2. The van der Waals surface area contributed by atoms with Gasteiger partial charge < -0.3 is 14.8 Å². The zero-order valence-electron chi connectivity index (χ0n) is 12.0. The van der Waals surface area contributed by atoms with Crippen molar-refractivity contribution < 1.29 is 9.47 Å². The maximum atomic E-state index is 5.53. The molecule has 0 spiro atoms. The molecule has 0 aliphatic carbocycles. The highest BCUT2D eigenvalue weighted by Crippen LogP contribution is 2.20. The van der Waals surface area contributed by atoms with Crippen LogP contribution in [0.3, 0.4) is 0 Å². The summed E-state index contributed by atoms with van der Waals surface area (Å²) in [5, 5.41) is 9.21. The molecule has 0 amide bonds. The van der Waals surface area contributed by atoms with Gasteiger partial charge in [-0.2, -0.15) is 5.10 Å². The van der Waals surface area contributed by atoms with Crippen LogP contribution < -0.4 is 5.32 Å². The average Bonchev–Trinajstić information content (AvgIpc) is 3.08. The topological polar surface area (TPSA) is 48.3 Å². The van der Waals surface area contributed by atoms with E-state index in [0.29, 0.717) is 19.3 Å². The van der Waals surface area contributed by atoms with Crippen LogP contribution in [0.15, 0.2) is 24.3 Å². The molecule has 1 N–H and O–H groups in total. The number of likely N-dealkylation sites (N-methyl/N-ethyl adjacent to an activating group) is 1. The molecule has 3 rings (SSSR count). The van der Waals surface area contributed by atoms with Crippen LogP contribution in [0.5, 0.6) is 0 Å². The molecule has 1 atom stereocenters. The third kappa shape index (κ3) is 2.70. The molecule has 108 valence electrons. The van der Waals surface area contributed by atoms with Gasteiger partial charge in [-0.25, -0.2) is 0 Å². The second kappa shape index (κ2) is 5.91. The van der Waals surface area contributed by atoms with E-state index in [9.17, 15) is 0 Å². The summed E-state index contributed by atoms with van der Waals surface area (Å²) in [5.41, 5.74) is 2.30. The van der Waals surface area contributed by atoms with Crippen molar-refractivity contribution in [1.82, 2.24) is 15.1 Å². The molecule has 1 aliphatic heterocycles. The first kappa shape index (κ1) is 13.5. The van der Waals surface area contributed by atoms with Gasteiger partial charge in [-0.05, 0) is 13.1 Å². The van der Waals surface area contributed by atoms with E-state index >= 15 is 0 Å².